The molecule has 7 heteroatoms. The first kappa shape index (κ1) is 18.7. The Kier molecular flexibility index (Phi) is 5.78. The molecular formula is C19H29N5O2. The first-order valence-electron chi connectivity index (χ1n) is 9.13. The van der Waals surface area contributed by atoms with E-state index in [1.807, 2.05) is 10.9 Å². The SMILES string of the molecule is CC(C)n1cc(CN2Cc3cccn3CC(OCC(=O)N(C)C)C2)cn1. The van der Waals surface area contributed by atoms with Crippen LogP contribution in [0.15, 0.2) is 30.7 Å². The lowest BCUT2D eigenvalue weighted by atomic mass is 10.2. The molecule has 0 aromatic carbocycles. The second-order valence-corrected chi connectivity index (χ2v) is 7.47. The number of rotatable bonds is 6. The van der Waals surface area contributed by atoms with Crippen LogP contribution >= 0.6 is 0 Å². The third-order valence-corrected chi connectivity index (χ3v) is 4.70. The van der Waals surface area contributed by atoms with Crippen LogP contribution in [0.5, 0.6) is 0 Å². The number of carbonyl (C=O) groups excluding carboxylic acids is 1. The number of carbonyl (C=O) groups is 1. The normalized spacial score (nSPS) is 18.0. The van der Waals surface area contributed by atoms with Gasteiger partial charge in [0.15, 0.2) is 0 Å². The Labute approximate surface area is 155 Å². The molecule has 0 aliphatic carbocycles. The lowest BCUT2D eigenvalue weighted by Crippen LogP contribution is -2.36. The molecule has 0 spiro atoms. The first-order chi connectivity index (χ1) is 12.4. The molecule has 1 aliphatic rings. The molecule has 7 nitrogen and oxygen atoms in total. The molecule has 26 heavy (non-hydrogen) atoms. The van der Waals surface area contributed by atoms with Crippen molar-refractivity contribution in [3.63, 3.8) is 0 Å². The van der Waals surface area contributed by atoms with Gasteiger partial charge in [0.1, 0.15) is 6.61 Å². The summed E-state index contributed by atoms with van der Waals surface area (Å²) in [7, 11) is 3.50. The smallest absolute Gasteiger partial charge is 0.248 e. The van der Waals surface area contributed by atoms with Crippen molar-refractivity contribution in [1.29, 1.82) is 0 Å². The van der Waals surface area contributed by atoms with Gasteiger partial charge in [0.25, 0.3) is 0 Å². The minimum Gasteiger partial charge on any atom is -0.365 e. The standard InChI is InChI=1S/C19H29N5O2/c1-15(2)24-10-16(8-20-24)9-22-11-17-6-5-7-23(17)13-18(12-22)26-14-19(25)21(3)4/h5-8,10,15,18H,9,11-14H2,1-4H3. The summed E-state index contributed by atoms with van der Waals surface area (Å²) in [6.45, 7) is 7.61. The third kappa shape index (κ3) is 4.53. The summed E-state index contributed by atoms with van der Waals surface area (Å²) in [4.78, 5) is 15.8. The number of hydrogen-bond donors (Lipinski definition) is 0. The molecule has 1 amide bonds. The van der Waals surface area contributed by atoms with Crippen LogP contribution in [0.2, 0.25) is 0 Å². The van der Waals surface area contributed by atoms with E-state index < -0.39 is 0 Å². The van der Waals surface area contributed by atoms with Gasteiger partial charge in [-0.25, -0.2) is 0 Å². The summed E-state index contributed by atoms with van der Waals surface area (Å²) in [6, 6.07) is 4.58. The van der Waals surface area contributed by atoms with Gasteiger partial charge in [0.2, 0.25) is 5.91 Å². The highest BCUT2D eigenvalue weighted by Gasteiger charge is 2.23. The number of hydrogen-bond acceptors (Lipinski definition) is 4. The summed E-state index contributed by atoms with van der Waals surface area (Å²) >= 11 is 0. The molecule has 0 radical (unpaired) electrons. The van der Waals surface area contributed by atoms with Gasteiger partial charge in [-0.2, -0.15) is 5.10 Å². The zero-order valence-corrected chi connectivity index (χ0v) is 16.1. The maximum absolute atomic E-state index is 11.9. The van der Waals surface area contributed by atoms with E-state index in [0.29, 0.717) is 6.04 Å². The summed E-state index contributed by atoms with van der Waals surface area (Å²) in [5.74, 6) is -0.00765. The van der Waals surface area contributed by atoms with Gasteiger partial charge < -0.3 is 14.2 Å². The van der Waals surface area contributed by atoms with E-state index in [0.717, 1.165) is 26.2 Å². The van der Waals surface area contributed by atoms with Gasteiger partial charge in [-0.15, -0.1) is 0 Å². The average Bonchev–Trinajstić information content (AvgIpc) is 3.19. The van der Waals surface area contributed by atoms with Crippen LogP contribution in [0.25, 0.3) is 0 Å². The fourth-order valence-corrected chi connectivity index (χ4v) is 3.17. The highest BCUT2D eigenvalue weighted by molar-refractivity contribution is 5.76. The molecule has 3 rings (SSSR count). The Morgan fingerprint density at radius 2 is 2.19 bits per heavy atom. The van der Waals surface area contributed by atoms with Gasteiger partial charge in [0, 0.05) is 70.0 Å². The van der Waals surface area contributed by atoms with Gasteiger partial charge >= 0.3 is 0 Å². The van der Waals surface area contributed by atoms with Crippen LogP contribution < -0.4 is 0 Å². The Balaban J connectivity index is 1.69. The van der Waals surface area contributed by atoms with E-state index in [1.165, 1.54) is 11.3 Å². The van der Waals surface area contributed by atoms with Crippen LogP contribution in [0, 0.1) is 0 Å². The minimum atomic E-state index is -0.0207. The minimum absolute atomic E-state index is 0.00765. The zero-order chi connectivity index (χ0) is 18.7. The molecule has 2 aromatic heterocycles. The second kappa shape index (κ2) is 8.05. The lowest BCUT2D eigenvalue weighted by molar-refractivity contribution is -0.136. The Bertz CT molecular complexity index is 734. The summed E-state index contributed by atoms with van der Waals surface area (Å²) in [6.07, 6.45) is 6.11. The third-order valence-electron chi connectivity index (χ3n) is 4.70. The van der Waals surface area contributed by atoms with Crippen LogP contribution in [0.4, 0.5) is 0 Å². The van der Waals surface area contributed by atoms with E-state index in [9.17, 15) is 4.79 Å². The second-order valence-electron chi connectivity index (χ2n) is 7.47. The molecule has 0 saturated carbocycles. The molecule has 3 heterocycles. The molecule has 142 valence electrons. The van der Waals surface area contributed by atoms with Crippen LogP contribution in [-0.4, -0.2) is 63.4 Å². The highest BCUT2D eigenvalue weighted by atomic mass is 16.5. The largest absolute Gasteiger partial charge is 0.365 e. The Hall–Kier alpha value is -2.12. The van der Waals surface area contributed by atoms with E-state index in [2.05, 4.69) is 52.9 Å². The van der Waals surface area contributed by atoms with Crippen molar-refractivity contribution in [2.45, 2.75) is 45.6 Å². The molecule has 1 unspecified atom stereocenters. The Morgan fingerprint density at radius 1 is 1.38 bits per heavy atom. The molecule has 0 bridgehead atoms. The van der Waals surface area contributed by atoms with Crippen molar-refractivity contribution >= 4 is 5.91 Å². The number of fused-ring (bicyclic) bond motifs is 1. The molecule has 2 aromatic rings. The van der Waals surface area contributed by atoms with Crippen molar-refractivity contribution in [3.8, 4) is 0 Å². The Morgan fingerprint density at radius 3 is 2.88 bits per heavy atom. The van der Waals surface area contributed by atoms with Gasteiger partial charge in [-0.3, -0.25) is 14.4 Å². The van der Waals surface area contributed by atoms with Crippen molar-refractivity contribution < 1.29 is 9.53 Å². The predicted octanol–water partition coefficient (Wildman–Crippen LogP) is 1.75. The number of ether oxygens (including phenoxy) is 1. The van der Waals surface area contributed by atoms with Crippen LogP contribution in [0.1, 0.15) is 31.1 Å². The molecule has 0 fully saturated rings. The van der Waals surface area contributed by atoms with Gasteiger partial charge in [-0.05, 0) is 26.0 Å². The average molecular weight is 359 g/mol. The van der Waals surface area contributed by atoms with Crippen LogP contribution in [-0.2, 0) is 29.2 Å². The molecule has 0 saturated heterocycles. The molecule has 1 atom stereocenters. The summed E-state index contributed by atoms with van der Waals surface area (Å²) in [5, 5.41) is 4.44. The number of nitrogens with zero attached hydrogens (tertiary/aromatic N) is 5. The highest BCUT2D eigenvalue weighted by Crippen LogP contribution is 2.18. The van der Waals surface area contributed by atoms with E-state index >= 15 is 0 Å². The number of likely N-dealkylation sites (N-methyl/N-ethyl adjacent to an activating group) is 1. The van der Waals surface area contributed by atoms with Gasteiger partial charge in [0.05, 0.1) is 12.3 Å². The summed E-state index contributed by atoms with van der Waals surface area (Å²) < 4.78 is 10.2. The quantitative estimate of drug-likeness (QED) is 0.789. The topological polar surface area (TPSA) is 55.5 Å². The van der Waals surface area contributed by atoms with Gasteiger partial charge in [-0.1, -0.05) is 0 Å². The molecular weight excluding hydrogens is 330 g/mol. The van der Waals surface area contributed by atoms with E-state index in [-0.39, 0.29) is 18.6 Å². The monoisotopic (exact) mass is 359 g/mol. The van der Waals surface area contributed by atoms with Crippen molar-refractivity contribution in [1.82, 2.24) is 24.1 Å². The number of aromatic nitrogens is 3. The predicted molar refractivity (Wildman–Crippen MR) is 99.6 cm³/mol. The lowest BCUT2D eigenvalue weighted by Gasteiger charge is -2.24. The van der Waals surface area contributed by atoms with Crippen molar-refractivity contribution in [2.75, 3.05) is 27.2 Å². The summed E-state index contributed by atoms with van der Waals surface area (Å²) in [5.41, 5.74) is 2.47. The maximum atomic E-state index is 11.9. The van der Waals surface area contributed by atoms with Crippen LogP contribution in [0.3, 0.4) is 0 Å². The van der Waals surface area contributed by atoms with E-state index in [4.69, 9.17) is 4.74 Å². The number of amides is 1. The fraction of sp³-hybridized carbons (Fsp3) is 0.579. The van der Waals surface area contributed by atoms with E-state index in [1.54, 1.807) is 19.0 Å². The van der Waals surface area contributed by atoms with Crippen molar-refractivity contribution in [2.24, 2.45) is 0 Å². The molecule has 0 N–H and O–H groups in total. The first-order valence-corrected chi connectivity index (χ1v) is 9.13. The molecule has 1 aliphatic heterocycles. The van der Waals surface area contributed by atoms with Crippen molar-refractivity contribution in [3.05, 3.63) is 42.0 Å². The fourth-order valence-electron chi connectivity index (χ4n) is 3.17. The zero-order valence-electron chi connectivity index (χ0n) is 16.1. The maximum Gasteiger partial charge on any atom is 0.248 e.